The van der Waals surface area contributed by atoms with Crippen LogP contribution >= 0.6 is 0 Å². The van der Waals surface area contributed by atoms with Crippen LogP contribution in [-0.2, 0) is 16.4 Å². The quantitative estimate of drug-likeness (QED) is 0.756. The molecular weight excluding hydrogens is 334 g/mol. The number of sulfonamides is 1. The molecule has 1 heterocycles. The van der Waals surface area contributed by atoms with Gasteiger partial charge in [-0.05, 0) is 50.1 Å². The van der Waals surface area contributed by atoms with Gasteiger partial charge in [-0.2, -0.15) is 5.10 Å². The molecule has 0 unspecified atom stereocenters. The number of para-hydroxylation sites is 1. The van der Waals surface area contributed by atoms with Gasteiger partial charge in [-0.25, -0.2) is 13.1 Å². The lowest BCUT2D eigenvalue weighted by atomic mass is 10.1. The molecule has 5 nitrogen and oxygen atoms in total. The van der Waals surface area contributed by atoms with Crippen LogP contribution in [-0.4, -0.2) is 18.2 Å². The number of rotatable bonds is 5. The standard InChI is InChI=1S/C19H21N3O2S/c1-4-16-9-8-10-17(13-16)21-25(23,24)19-14(2)20-22(15(19)3)18-11-6-5-7-12-18/h5-13,21H,4H2,1-3H3. The van der Waals surface area contributed by atoms with E-state index in [1.807, 2.05) is 55.5 Å². The normalized spacial score (nSPS) is 11.5. The number of aryl methyl sites for hydroxylation is 2. The van der Waals surface area contributed by atoms with Gasteiger partial charge in [0.15, 0.2) is 0 Å². The third-order valence-corrected chi connectivity index (χ3v) is 5.71. The minimum atomic E-state index is -3.72. The van der Waals surface area contributed by atoms with Crippen molar-refractivity contribution in [3.8, 4) is 5.69 Å². The fraction of sp³-hybridized carbons (Fsp3) is 0.211. The molecule has 0 bridgehead atoms. The van der Waals surface area contributed by atoms with E-state index in [0.717, 1.165) is 17.7 Å². The molecule has 0 atom stereocenters. The van der Waals surface area contributed by atoms with Gasteiger partial charge in [0.1, 0.15) is 4.90 Å². The highest BCUT2D eigenvalue weighted by Gasteiger charge is 2.25. The van der Waals surface area contributed by atoms with Gasteiger partial charge in [-0.15, -0.1) is 0 Å². The second kappa shape index (κ2) is 6.72. The molecule has 0 saturated carbocycles. The van der Waals surface area contributed by atoms with E-state index in [-0.39, 0.29) is 4.90 Å². The number of nitrogens with zero attached hydrogens (tertiary/aromatic N) is 2. The highest BCUT2D eigenvalue weighted by Crippen LogP contribution is 2.25. The van der Waals surface area contributed by atoms with Crippen molar-refractivity contribution < 1.29 is 8.42 Å². The van der Waals surface area contributed by atoms with Crippen LogP contribution in [0.15, 0.2) is 59.5 Å². The van der Waals surface area contributed by atoms with Crippen LogP contribution in [0, 0.1) is 13.8 Å². The van der Waals surface area contributed by atoms with Crippen LogP contribution < -0.4 is 4.72 Å². The topological polar surface area (TPSA) is 64.0 Å². The first-order valence-electron chi connectivity index (χ1n) is 8.16. The Balaban J connectivity index is 2.02. The zero-order valence-electron chi connectivity index (χ0n) is 14.5. The lowest BCUT2D eigenvalue weighted by Gasteiger charge is -2.10. The molecule has 0 spiro atoms. The molecule has 3 rings (SSSR count). The Kier molecular flexibility index (Phi) is 4.63. The molecule has 6 heteroatoms. The van der Waals surface area contributed by atoms with E-state index in [1.165, 1.54) is 0 Å². The summed E-state index contributed by atoms with van der Waals surface area (Å²) in [5, 5.41) is 4.42. The minimum absolute atomic E-state index is 0.221. The van der Waals surface area contributed by atoms with Crippen LogP contribution in [0.3, 0.4) is 0 Å². The largest absolute Gasteiger partial charge is 0.280 e. The predicted molar refractivity (Wildman–Crippen MR) is 99.7 cm³/mol. The third-order valence-electron chi connectivity index (χ3n) is 4.08. The summed E-state index contributed by atoms with van der Waals surface area (Å²) in [4.78, 5) is 0.221. The van der Waals surface area contributed by atoms with Gasteiger partial charge in [-0.1, -0.05) is 37.3 Å². The summed E-state index contributed by atoms with van der Waals surface area (Å²) < 4.78 is 30.2. The Hall–Kier alpha value is -2.60. The zero-order valence-corrected chi connectivity index (χ0v) is 15.3. The van der Waals surface area contributed by atoms with Crippen molar-refractivity contribution in [3.05, 3.63) is 71.5 Å². The van der Waals surface area contributed by atoms with E-state index in [1.54, 1.807) is 24.6 Å². The molecule has 2 aromatic carbocycles. The maximum absolute atomic E-state index is 12.9. The Morgan fingerprint density at radius 3 is 2.44 bits per heavy atom. The number of hydrogen-bond acceptors (Lipinski definition) is 3. The monoisotopic (exact) mass is 355 g/mol. The third kappa shape index (κ3) is 3.44. The van der Waals surface area contributed by atoms with Gasteiger partial charge in [0.05, 0.1) is 17.1 Å². The van der Waals surface area contributed by atoms with Crippen molar-refractivity contribution in [2.45, 2.75) is 32.1 Å². The summed E-state index contributed by atoms with van der Waals surface area (Å²) in [6.07, 6.45) is 0.847. The summed E-state index contributed by atoms with van der Waals surface area (Å²) in [6, 6.07) is 16.9. The van der Waals surface area contributed by atoms with Crippen molar-refractivity contribution >= 4 is 15.7 Å². The van der Waals surface area contributed by atoms with Crippen molar-refractivity contribution in [1.82, 2.24) is 9.78 Å². The van der Waals surface area contributed by atoms with E-state index >= 15 is 0 Å². The van der Waals surface area contributed by atoms with Gasteiger partial charge < -0.3 is 0 Å². The molecule has 0 aliphatic carbocycles. The highest BCUT2D eigenvalue weighted by atomic mass is 32.2. The maximum atomic E-state index is 12.9. The smallest absolute Gasteiger partial charge is 0.265 e. The zero-order chi connectivity index (χ0) is 18.0. The number of benzene rings is 2. The van der Waals surface area contributed by atoms with Crippen LogP contribution in [0.2, 0.25) is 0 Å². The molecule has 0 amide bonds. The van der Waals surface area contributed by atoms with E-state index < -0.39 is 10.0 Å². The first kappa shape index (κ1) is 17.2. The summed E-state index contributed by atoms with van der Waals surface area (Å²) in [7, 11) is -3.72. The molecule has 0 radical (unpaired) electrons. The molecule has 1 aromatic heterocycles. The fourth-order valence-electron chi connectivity index (χ4n) is 2.90. The maximum Gasteiger partial charge on any atom is 0.265 e. The molecule has 0 fully saturated rings. The average Bonchev–Trinajstić information content (AvgIpc) is 2.90. The highest BCUT2D eigenvalue weighted by molar-refractivity contribution is 7.92. The van der Waals surface area contributed by atoms with Crippen molar-refractivity contribution in [1.29, 1.82) is 0 Å². The van der Waals surface area contributed by atoms with Gasteiger partial charge in [0.2, 0.25) is 0 Å². The minimum Gasteiger partial charge on any atom is -0.280 e. The van der Waals surface area contributed by atoms with E-state index in [2.05, 4.69) is 9.82 Å². The van der Waals surface area contributed by atoms with Gasteiger partial charge in [-0.3, -0.25) is 4.72 Å². The van der Waals surface area contributed by atoms with Gasteiger partial charge in [0.25, 0.3) is 10.0 Å². The van der Waals surface area contributed by atoms with E-state index in [4.69, 9.17) is 0 Å². The lowest BCUT2D eigenvalue weighted by Crippen LogP contribution is -2.15. The number of hydrogen-bond donors (Lipinski definition) is 1. The Morgan fingerprint density at radius 2 is 1.76 bits per heavy atom. The van der Waals surface area contributed by atoms with E-state index in [0.29, 0.717) is 17.1 Å². The molecule has 0 saturated heterocycles. The average molecular weight is 355 g/mol. The summed E-state index contributed by atoms with van der Waals surface area (Å²) >= 11 is 0. The predicted octanol–water partition coefficient (Wildman–Crippen LogP) is 3.85. The van der Waals surface area contributed by atoms with Gasteiger partial charge in [0, 0.05) is 5.69 Å². The summed E-state index contributed by atoms with van der Waals surface area (Å²) in [5.41, 5.74) is 3.53. The van der Waals surface area contributed by atoms with Crippen molar-refractivity contribution in [3.63, 3.8) is 0 Å². The molecule has 0 aliphatic rings. The lowest BCUT2D eigenvalue weighted by molar-refractivity contribution is 0.600. The van der Waals surface area contributed by atoms with Crippen molar-refractivity contribution in [2.24, 2.45) is 0 Å². The molecule has 3 aromatic rings. The van der Waals surface area contributed by atoms with Crippen LogP contribution in [0.25, 0.3) is 5.69 Å². The Morgan fingerprint density at radius 1 is 1.04 bits per heavy atom. The first-order chi connectivity index (χ1) is 11.9. The summed E-state index contributed by atoms with van der Waals surface area (Å²) in [6.45, 7) is 5.51. The Bertz CT molecular complexity index is 993. The molecule has 1 N–H and O–H groups in total. The fourth-order valence-corrected chi connectivity index (χ4v) is 4.34. The van der Waals surface area contributed by atoms with Crippen LogP contribution in [0.4, 0.5) is 5.69 Å². The molecule has 130 valence electrons. The van der Waals surface area contributed by atoms with Crippen molar-refractivity contribution in [2.75, 3.05) is 4.72 Å². The van der Waals surface area contributed by atoms with Crippen LogP contribution in [0.1, 0.15) is 23.9 Å². The number of nitrogens with one attached hydrogen (secondary N) is 1. The van der Waals surface area contributed by atoms with E-state index in [9.17, 15) is 8.42 Å². The first-order valence-corrected chi connectivity index (χ1v) is 9.64. The Labute approximate surface area is 148 Å². The second-order valence-corrected chi connectivity index (χ2v) is 7.53. The van der Waals surface area contributed by atoms with Gasteiger partial charge >= 0.3 is 0 Å². The molecule has 25 heavy (non-hydrogen) atoms. The number of anilines is 1. The molecular formula is C19H21N3O2S. The van der Waals surface area contributed by atoms with Crippen LogP contribution in [0.5, 0.6) is 0 Å². The molecule has 0 aliphatic heterocycles. The number of aromatic nitrogens is 2. The SMILES string of the molecule is CCc1cccc(NS(=O)(=O)c2c(C)nn(-c3ccccc3)c2C)c1. The second-order valence-electron chi connectivity index (χ2n) is 5.91. The summed E-state index contributed by atoms with van der Waals surface area (Å²) in [5.74, 6) is 0.